The zero-order valence-electron chi connectivity index (χ0n) is 9.71. The summed E-state index contributed by atoms with van der Waals surface area (Å²) in [5, 5.41) is 10.2. The number of aliphatic hydroxyl groups is 1. The van der Waals surface area contributed by atoms with Crippen LogP contribution in [0.4, 0.5) is 0 Å². The molecule has 1 rings (SSSR count). The minimum Gasteiger partial charge on any atom is -0.465 e. The van der Waals surface area contributed by atoms with Crippen LogP contribution >= 0.6 is 11.8 Å². The van der Waals surface area contributed by atoms with Crippen molar-refractivity contribution in [3.05, 3.63) is 0 Å². The molecule has 0 spiro atoms. The maximum Gasteiger partial charge on any atom is 0.315 e. The standard InChI is InChI=1S/C11H20O3S/c1-4-14-9(12)11(10(2,3)13)6-5-7-15-8-11/h13H,4-8H2,1-3H3. The van der Waals surface area contributed by atoms with Crippen LogP contribution in [-0.4, -0.2) is 34.8 Å². The smallest absolute Gasteiger partial charge is 0.315 e. The maximum atomic E-state index is 12.0. The van der Waals surface area contributed by atoms with E-state index in [1.165, 1.54) is 0 Å². The van der Waals surface area contributed by atoms with E-state index >= 15 is 0 Å². The first-order chi connectivity index (χ1) is 6.94. The van der Waals surface area contributed by atoms with Crippen molar-refractivity contribution in [2.75, 3.05) is 18.1 Å². The van der Waals surface area contributed by atoms with Crippen molar-refractivity contribution < 1.29 is 14.6 Å². The Hall–Kier alpha value is -0.220. The van der Waals surface area contributed by atoms with Crippen LogP contribution in [0.5, 0.6) is 0 Å². The van der Waals surface area contributed by atoms with E-state index in [9.17, 15) is 9.90 Å². The summed E-state index contributed by atoms with van der Waals surface area (Å²) in [4.78, 5) is 12.0. The van der Waals surface area contributed by atoms with E-state index in [-0.39, 0.29) is 5.97 Å². The molecule has 0 aromatic heterocycles. The third-order valence-corrected chi connectivity index (χ3v) is 4.35. The first kappa shape index (κ1) is 12.8. The van der Waals surface area contributed by atoms with E-state index in [0.717, 1.165) is 18.6 Å². The van der Waals surface area contributed by atoms with Crippen LogP contribution in [0.2, 0.25) is 0 Å². The van der Waals surface area contributed by atoms with Gasteiger partial charge in [-0.25, -0.2) is 0 Å². The van der Waals surface area contributed by atoms with Crippen molar-refractivity contribution in [3.8, 4) is 0 Å². The average molecular weight is 232 g/mol. The Balaban J connectivity index is 2.90. The first-order valence-electron chi connectivity index (χ1n) is 5.41. The number of carbonyl (C=O) groups is 1. The SMILES string of the molecule is CCOC(=O)C1(C(C)(C)O)CCCSC1. The van der Waals surface area contributed by atoms with Crippen molar-refractivity contribution >= 4 is 17.7 Å². The second-order valence-electron chi connectivity index (χ2n) is 4.52. The molecule has 0 aromatic rings. The van der Waals surface area contributed by atoms with E-state index in [1.54, 1.807) is 32.5 Å². The highest BCUT2D eigenvalue weighted by molar-refractivity contribution is 7.99. The molecule has 1 aliphatic rings. The number of hydrogen-bond acceptors (Lipinski definition) is 4. The predicted molar refractivity (Wildman–Crippen MR) is 61.9 cm³/mol. The number of rotatable bonds is 3. The lowest BCUT2D eigenvalue weighted by molar-refractivity contribution is -0.169. The monoisotopic (exact) mass is 232 g/mol. The van der Waals surface area contributed by atoms with E-state index < -0.39 is 11.0 Å². The second kappa shape index (κ2) is 4.74. The molecule has 0 bridgehead atoms. The second-order valence-corrected chi connectivity index (χ2v) is 5.62. The zero-order valence-corrected chi connectivity index (χ0v) is 10.5. The lowest BCUT2D eigenvalue weighted by Crippen LogP contribution is -2.53. The fraction of sp³-hybridized carbons (Fsp3) is 0.909. The fourth-order valence-corrected chi connectivity index (χ4v) is 3.41. The Morgan fingerprint density at radius 1 is 1.60 bits per heavy atom. The molecule has 1 saturated heterocycles. The van der Waals surface area contributed by atoms with Gasteiger partial charge in [-0.1, -0.05) is 0 Å². The molecular weight excluding hydrogens is 212 g/mol. The summed E-state index contributed by atoms with van der Waals surface area (Å²) in [5.74, 6) is 1.48. The maximum absolute atomic E-state index is 12.0. The van der Waals surface area contributed by atoms with Crippen LogP contribution in [0.3, 0.4) is 0 Å². The minimum atomic E-state index is -1.01. The van der Waals surface area contributed by atoms with E-state index in [1.807, 2.05) is 0 Å². The number of hydrogen-bond donors (Lipinski definition) is 1. The minimum absolute atomic E-state index is 0.246. The molecule has 0 saturated carbocycles. The molecule has 1 aliphatic heterocycles. The van der Waals surface area contributed by atoms with Crippen molar-refractivity contribution in [2.45, 2.75) is 39.2 Å². The van der Waals surface area contributed by atoms with Crippen LogP contribution < -0.4 is 0 Å². The van der Waals surface area contributed by atoms with Crippen molar-refractivity contribution in [3.63, 3.8) is 0 Å². The topological polar surface area (TPSA) is 46.5 Å². The summed E-state index contributed by atoms with van der Waals surface area (Å²) in [5.41, 5.74) is -1.72. The van der Waals surface area contributed by atoms with Gasteiger partial charge in [0, 0.05) is 5.75 Å². The summed E-state index contributed by atoms with van der Waals surface area (Å²) < 4.78 is 5.10. The molecule has 4 heteroatoms. The molecule has 0 aromatic carbocycles. The molecule has 1 fully saturated rings. The number of ether oxygens (including phenoxy) is 1. The Kier molecular flexibility index (Phi) is 4.06. The normalized spacial score (nSPS) is 27.5. The number of esters is 1. The zero-order chi connectivity index (χ0) is 11.5. The summed E-state index contributed by atoms with van der Waals surface area (Å²) in [7, 11) is 0. The molecular formula is C11H20O3S. The Bertz CT molecular complexity index is 226. The Morgan fingerprint density at radius 3 is 2.67 bits per heavy atom. The van der Waals surface area contributed by atoms with Gasteiger partial charge in [0.15, 0.2) is 0 Å². The fourth-order valence-electron chi connectivity index (χ4n) is 1.96. The summed E-state index contributed by atoms with van der Waals surface area (Å²) in [6.07, 6.45) is 1.69. The van der Waals surface area contributed by atoms with Crippen LogP contribution in [0.1, 0.15) is 33.6 Å². The highest BCUT2D eigenvalue weighted by Crippen LogP contribution is 2.44. The van der Waals surface area contributed by atoms with E-state index in [4.69, 9.17) is 4.74 Å². The van der Waals surface area contributed by atoms with Crippen LogP contribution in [-0.2, 0) is 9.53 Å². The van der Waals surface area contributed by atoms with Gasteiger partial charge < -0.3 is 9.84 Å². The Morgan fingerprint density at radius 2 is 2.27 bits per heavy atom. The van der Waals surface area contributed by atoms with E-state index in [0.29, 0.717) is 12.4 Å². The van der Waals surface area contributed by atoms with Gasteiger partial charge in [-0.2, -0.15) is 11.8 Å². The van der Waals surface area contributed by atoms with Gasteiger partial charge in [0.25, 0.3) is 0 Å². The molecule has 88 valence electrons. The van der Waals surface area contributed by atoms with Gasteiger partial charge in [0.2, 0.25) is 0 Å². The molecule has 0 aliphatic carbocycles. The van der Waals surface area contributed by atoms with Gasteiger partial charge in [-0.3, -0.25) is 4.79 Å². The van der Waals surface area contributed by atoms with Gasteiger partial charge in [0.05, 0.1) is 12.2 Å². The third-order valence-electron chi connectivity index (χ3n) is 3.08. The number of carbonyl (C=O) groups excluding carboxylic acids is 1. The van der Waals surface area contributed by atoms with Gasteiger partial charge in [-0.15, -0.1) is 0 Å². The van der Waals surface area contributed by atoms with Crippen LogP contribution in [0.15, 0.2) is 0 Å². The average Bonchev–Trinajstić information content (AvgIpc) is 2.17. The third kappa shape index (κ3) is 2.48. The lowest BCUT2D eigenvalue weighted by Gasteiger charge is -2.43. The van der Waals surface area contributed by atoms with Gasteiger partial charge in [-0.05, 0) is 39.4 Å². The van der Waals surface area contributed by atoms with E-state index in [2.05, 4.69) is 0 Å². The lowest BCUT2D eigenvalue weighted by atomic mass is 9.72. The van der Waals surface area contributed by atoms with Crippen molar-refractivity contribution in [1.29, 1.82) is 0 Å². The molecule has 1 heterocycles. The molecule has 15 heavy (non-hydrogen) atoms. The largest absolute Gasteiger partial charge is 0.465 e. The quantitative estimate of drug-likeness (QED) is 0.754. The molecule has 0 radical (unpaired) electrons. The summed E-state index contributed by atoms with van der Waals surface area (Å²) in [6, 6.07) is 0. The first-order valence-corrected chi connectivity index (χ1v) is 6.57. The molecule has 1 atom stereocenters. The number of thioether (sulfide) groups is 1. The molecule has 1 unspecified atom stereocenters. The molecule has 0 amide bonds. The van der Waals surface area contributed by atoms with Crippen LogP contribution in [0, 0.1) is 5.41 Å². The summed E-state index contributed by atoms with van der Waals surface area (Å²) in [6.45, 7) is 5.58. The van der Waals surface area contributed by atoms with Crippen LogP contribution in [0.25, 0.3) is 0 Å². The molecule has 1 N–H and O–H groups in total. The predicted octanol–water partition coefficient (Wildman–Crippen LogP) is 1.83. The summed E-state index contributed by atoms with van der Waals surface area (Å²) >= 11 is 1.72. The highest BCUT2D eigenvalue weighted by Gasteiger charge is 2.52. The van der Waals surface area contributed by atoms with Crippen molar-refractivity contribution in [2.24, 2.45) is 5.41 Å². The molecule has 3 nitrogen and oxygen atoms in total. The Labute approximate surface area is 95.6 Å². The van der Waals surface area contributed by atoms with Gasteiger partial charge >= 0.3 is 5.97 Å². The van der Waals surface area contributed by atoms with Crippen molar-refractivity contribution in [1.82, 2.24) is 0 Å². The highest BCUT2D eigenvalue weighted by atomic mass is 32.2. The van der Waals surface area contributed by atoms with Gasteiger partial charge in [0.1, 0.15) is 5.41 Å².